The molecule has 0 aliphatic heterocycles. The second-order valence-corrected chi connectivity index (χ2v) is 7.59. The Hall–Kier alpha value is -3.15. The zero-order valence-electron chi connectivity index (χ0n) is 15.7. The van der Waals surface area contributed by atoms with Crippen LogP contribution in [0.15, 0.2) is 46.3 Å². The first kappa shape index (κ1) is 26.1. The number of nitriles is 1. The van der Waals surface area contributed by atoms with Gasteiger partial charge in [-0.3, -0.25) is 4.21 Å². The minimum absolute atomic E-state index is 0.272. The Labute approximate surface area is 181 Å². The lowest BCUT2D eigenvalue weighted by Gasteiger charge is -2.15. The number of nitrogens with one attached hydrogen (secondary N) is 1. The highest BCUT2D eigenvalue weighted by atomic mass is 32.2. The van der Waals surface area contributed by atoms with Crippen LogP contribution in [0.1, 0.15) is 11.1 Å². The minimum Gasteiger partial charge on any atom is -0.336 e. The standard InChI is InChI=1S/C18H9F10N3OS/c19-12-5-9(7-29)14(33(32)8-16(20,21)22)6-13(12)31-15(18(26,27)28)30-11-3-1-10(2-4-11)17(23,24)25/h1-6H,8H2,(H,30,31). The van der Waals surface area contributed by atoms with E-state index in [1.165, 1.54) is 6.07 Å². The Morgan fingerprint density at radius 1 is 1.00 bits per heavy atom. The van der Waals surface area contributed by atoms with Crippen molar-refractivity contribution in [3.8, 4) is 6.07 Å². The fraction of sp³-hybridized carbons (Fsp3) is 0.222. The predicted octanol–water partition coefficient (Wildman–Crippen LogP) is 6.09. The van der Waals surface area contributed by atoms with E-state index in [4.69, 9.17) is 5.26 Å². The van der Waals surface area contributed by atoms with Gasteiger partial charge in [0.1, 0.15) is 23.3 Å². The van der Waals surface area contributed by atoms with Crippen molar-refractivity contribution in [1.29, 1.82) is 5.26 Å². The van der Waals surface area contributed by atoms with Gasteiger partial charge in [-0.25, -0.2) is 9.38 Å². The van der Waals surface area contributed by atoms with E-state index in [1.54, 1.807) is 5.32 Å². The van der Waals surface area contributed by atoms with E-state index < -0.39 is 74.1 Å². The topological polar surface area (TPSA) is 65.2 Å². The summed E-state index contributed by atoms with van der Waals surface area (Å²) in [6.07, 6.45) is -15.0. The number of halogens is 10. The van der Waals surface area contributed by atoms with E-state index in [0.717, 1.165) is 0 Å². The van der Waals surface area contributed by atoms with E-state index >= 15 is 0 Å². The Morgan fingerprint density at radius 3 is 2.03 bits per heavy atom. The molecule has 15 heteroatoms. The summed E-state index contributed by atoms with van der Waals surface area (Å²) in [5, 5.41) is 10.6. The third-order valence-corrected chi connectivity index (χ3v) is 5.10. The van der Waals surface area contributed by atoms with Crippen LogP contribution in [-0.4, -0.2) is 28.1 Å². The average molecular weight is 505 g/mol. The molecule has 1 unspecified atom stereocenters. The van der Waals surface area contributed by atoms with Gasteiger partial charge in [0.25, 0.3) is 0 Å². The molecule has 0 aliphatic rings. The second-order valence-electron chi connectivity index (χ2n) is 6.17. The summed E-state index contributed by atoms with van der Waals surface area (Å²) in [5.41, 5.74) is -3.69. The molecule has 2 aromatic rings. The number of nitrogens with zero attached hydrogens (tertiary/aromatic N) is 2. The van der Waals surface area contributed by atoms with Crippen LogP contribution in [0.5, 0.6) is 0 Å². The van der Waals surface area contributed by atoms with E-state index in [9.17, 15) is 48.1 Å². The van der Waals surface area contributed by atoms with Crippen molar-refractivity contribution in [3.05, 3.63) is 53.3 Å². The first-order chi connectivity index (χ1) is 15.0. The molecule has 2 rings (SSSR count). The lowest BCUT2D eigenvalue weighted by molar-refractivity contribution is -0.137. The largest absolute Gasteiger partial charge is 0.449 e. The fourth-order valence-corrected chi connectivity index (χ4v) is 3.34. The molecular formula is C18H9F10N3OS. The van der Waals surface area contributed by atoms with Crippen molar-refractivity contribution in [3.63, 3.8) is 0 Å². The number of anilines is 1. The SMILES string of the molecule is N#Cc1cc(F)c(N=C(Nc2ccc(C(F)(F)F)cc2)C(F)(F)F)cc1S(=O)CC(F)(F)F. The highest BCUT2D eigenvalue weighted by molar-refractivity contribution is 7.85. The van der Waals surface area contributed by atoms with Crippen LogP contribution >= 0.6 is 0 Å². The quantitative estimate of drug-likeness (QED) is 0.311. The Bertz CT molecular complexity index is 1110. The van der Waals surface area contributed by atoms with Crippen molar-refractivity contribution in [1.82, 2.24) is 0 Å². The summed E-state index contributed by atoms with van der Waals surface area (Å²) >= 11 is 0. The number of benzene rings is 2. The first-order valence-electron chi connectivity index (χ1n) is 8.30. The molecular weight excluding hydrogens is 496 g/mol. The molecule has 33 heavy (non-hydrogen) atoms. The smallest absolute Gasteiger partial charge is 0.336 e. The number of rotatable bonds is 4. The molecule has 0 aliphatic carbocycles. The first-order valence-corrected chi connectivity index (χ1v) is 9.62. The molecule has 0 fully saturated rings. The molecule has 0 amide bonds. The molecule has 4 nitrogen and oxygen atoms in total. The van der Waals surface area contributed by atoms with Gasteiger partial charge in [0, 0.05) is 5.69 Å². The zero-order valence-corrected chi connectivity index (χ0v) is 16.5. The highest BCUT2D eigenvalue weighted by Crippen LogP contribution is 2.32. The predicted molar refractivity (Wildman–Crippen MR) is 96.7 cm³/mol. The minimum atomic E-state index is -5.31. The van der Waals surface area contributed by atoms with Crippen molar-refractivity contribution >= 4 is 28.0 Å². The number of amidine groups is 1. The monoisotopic (exact) mass is 505 g/mol. The van der Waals surface area contributed by atoms with Crippen LogP contribution in [0.25, 0.3) is 0 Å². The molecule has 0 heterocycles. The zero-order chi connectivity index (χ0) is 25.2. The molecule has 2 aromatic carbocycles. The van der Waals surface area contributed by atoms with Gasteiger partial charge >= 0.3 is 18.5 Å². The van der Waals surface area contributed by atoms with E-state index in [1.807, 2.05) is 0 Å². The number of hydrogen-bond donors (Lipinski definition) is 1. The van der Waals surface area contributed by atoms with Gasteiger partial charge < -0.3 is 5.32 Å². The molecule has 0 saturated heterocycles. The van der Waals surface area contributed by atoms with E-state index in [0.29, 0.717) is 30.3 Å². The van der Waals surface area contributed by atoms with Crippen LogP contribution in [0.3, 0.4) is 0 Å². The summed E-state index contributed by atoms with van der Waals surface area (Å²) in [5.74, 6) is -5.43. The summed E-state index contributed by atoms with van der Waals surface area (Å²) in [6.45, 7) is 0. The summed E-state index contributed by atoms with van der Waals surface area (Å²) in [6, 6.07) is 4.09. The molecule has 0 spiro atoms. The van der Waals surface area contributed by atoms with E-state index in [-0.39, 0.29) is 6.07 Å². The number of alkyl halides is 9. The van der Waals surface area contributed by atoms with Crippen molar-refractivity contribution in [2.24, 2.45) is 4.99 Å². The van der Waals surface area contributed by atoms with Crippen LogP contribution in [0.2, 0.25) is 0 Å². The Morgan fingerprint density at radius 2 is 1.58 bits per heavy atom. The Kier molecular flexibility index (Phi) is 7.42. The summed E-state index contributed by atoms with van der Waals surface area (Å²) < 4.78 is 142. The maximum Gasteiger partial charge on any atom is 0.449 e. The number of hydrogen-bond acceptors (Lipinski definition) is 3. The maximum atomic E-state index is 14.2. The molecule has 0 radical (unpaired) electrons. The van der Waals surface area contributed by atoms with Crippen LogP contribution in [0, 0.1) is 17.1 Å². The average Bonchev–Trinajstić information content (AvgIpc) is 2.66. The van der Waals surface area contributed by atoms with Crippen molar-refractivity contribution in [2.75, 3.05) is 11.1 Å². The molecule has 0 bridgehead atoms. The lowest BCUT2D eigenvalue weighted by atomic mass is 10.2. The molecule has 178 valence electrons. The summed E-state index contributed by atoms with van der Waals surface area (Å²) in [4.78, 5) is 2.07. The number of aliphatic imine (C=N–C) groups is 1. The van der Waals surface area contributed by atoms with Crippen LogP contribution in [0.4, 0.5) is 55.3 Å². The lowest BCUT2D eigenvalue weighted by Crippen LogP contribution is -2.30. The molecule has 1 atom stereocenters. The maximum absolute atomic E-state index is 14.2. The van der Waals surface area contributed by atoms with Gasteiger partial charge in [0.05, 0.1) is 26.8 Å². The van der Waals surface area contributed by atoms with Gasteiger partial charge in [-0.1, -0.05) is 0 Å². The third-order valence-electron chi connectivity index (χ3n) is 3.69. The molecule has 0 aromatic heterocycles. The second kappa shape index (κ2) is 9.38. The van der Waals surface area contributed by atoms with Gasteiger partial charge in [0.15, 0.2) is 0 Å². The highest BCUT2D eigenvalue weighted by Gasteiger charge is 2.37. The third kappa shape index (κ3) is 7.17. The van der Waals surface area contributed by atoms with Gasteiger partial charge in [-0.2, -0.15) is 44.8 Å². The Balaban J connectivity index is 2.51. The van der Waals surface area contributed by atoms with Crippen molar-refractivity contribution in [2.45, 2.75) is 23.4 Å². The molecule has 1 N–H and O–H groups in total. The van der Waals surface area contributed by atoms with E-state index in [2.05, 4.69) is 4.99 Å². The fourth-order valence-electron chi connectivity index (χ4n) is 2.29. The van der Waals surface area contributed by atoms with Crippen LogP contribution in [-0.2, 0) is 17.0 Å². The summed E-state index contributed by atoms with van der Waals surface area (Å²) in [7, 11) is -2.96. The van der Waals surface area contributed by atoms with Gasteiger partial charge in [-0.15, -0.1) is 0 Å². The van der Waals surface area contributed by atoms with Crippen molar-refractivity contribution < 1.29 is 48.1 Å². The molecule has 0 saturated carbocycles. The van der Waals surface area contributed by atoms with Gasteiger partial charge in [-0.05, 0) is 36.4 Å². The van der Waals surface area contributed by atoms with Gasteiger partial charge in [0.2, 0.25) is 5.84 Å². The van der Waals surface area contributed by atoms with Crippen LogP contribution < -0.4 is 5.32 Å². The normalized spacial score (nSPS) is 14.0.